The summed E-state index contributed by atoms with van der Waals surface area (Å²) < 4.78 is 9.33. The SMILES string of the molecule is Cc1ccccc1OC1CCN(CC(=O)Nc2ccc3c(c2)n(C)c(=O)n3C)CC1. The van der Waals surface area contributed by atoms with Crippen molar-refractivity contribution < 1.29 is 9.53 Å². The third kappa shape index (κ3) is 4.11. The number of rotatable bonds is 5. The van der Waals surface area contributed by atoms with E-state index in [0.29, 0.717) is 12.2 Å². The zero-order valence-corrected chi connectivity index (χ0v) is 17.7. The van der Waals surface area contributed by atoms with Crippen LogP contribution in [0.1, 0.15) is 18.4 Å². The molecule has 0 radical (unpaired) electrons. The van der Waals surface area contributed by atoms with Crippen LogP contribution in [0.2, 0.25) is 0 Å². The summed E-state index contributed by atoms with van der Waals surface area (Å²) in [5.74, 6) is 0.896. The molecular weight excluding hydrogens is 380 g/mol. The molecule has 1 N–H and O–H groups in total. The molecular formula is C23H28N4O3. The van der Waals surface area contributed by atoms with Crippen LogP contribution in [0.3, 0.4) is 0 Å². The molecule has 0 aliphatic carbocycles. The molecule has 2 heterocycles. The highest BCUT2D eigenvalue weighted by Crippen LogP contribution is 2.22. The van der Waals surface area contributed by atoms with E-state index in [4.69, 9.17) is 4.74 Å². The number of nitrogens with zero attached hydrogens (tertiary/aromatic N) is 3. The largest absolute Gasteiger partial charge is 0.490 e. The van der Waals surface area contributed by atoms with E-state index >= 15 is 0 Å². The van der Waals surface area contributed by atoms with Crippen LogP contribution in [0.5, 0.6) is 5.75 Å². The molecule has 7 heteroatoms. The molecule has 1 aliphatic heterocycles. The van der Waals surface area contributed by atoms with Crippen molar-refractivity contribution in [3.8, 4) is 5.75 Å². The summed E-state index contributed by atoms with van der Waals surface area (Å²) in [6.07, 6.45) is 1.99. The van der Waals surface area contributed by atoms with Crippen LogP contribution in [0.15, 0.2) is 47.3 Å². The van der Waals surface area contributed by atoms with Crippen molar-refractivity contribution in [2.24, 2.45) is 14.1 Å². The number of fused-ring (bicyclic) bond motifs is 1. The molecule has 0 unspecified atom stereocenters. The summed E-state index contributed by atoms with van der Waals surface area (Å²) in [6.45, 7) is 4.06. The van der Waals surface area contributed by atoms with Gasteiger partial charge in [-0.2, -0.15) is 0 Å². The summed E-state index contributed by atoms with van der Waals surface area (Å²) >= 11 is 0. The van der Waals surface area contributed by atoms with Crippen LogP contribution in [-0.4, -0.2) is 45.7 Å². The Hall–Kier alpha value is -3.06. The van der Waals surface area contributed by atoms with E-state index in [9.17, 15) is 9.59 Å². The Morgan fingerprint density at radius 3 is 2.50 bits per heavy atom. The first-order chi connectivity index (χ1) is 14.4. The number of hydrogen-bond acceptors (Lipinski definition) is 4. The first kappa shape index (κ1) is 20.2. The maximum atomic E-state index is 12.5. The predicted molar refractivity (Wildman–Crippen MR) is 118 cm³/mol. The van der Waals surface area contributed by atoms with Crippen LogP contribution < -0.4 is 15.7 Å². The fourth-order valence-electron chi connectivity index (χ4n) is 4.04. The van der Waals surface area contributed by atoms with Crippen LogP contribution in [0, 0.1) is 6.92 Å². The highest BCUT2D eigenvalue weighted by Gasteiger charge is 2.22. The smallest absolute Gasteiger partial charge is 0.328 e. The minimum atomic E-state index is -0.0794. The fraction of sp³-hybridized carbons (Fsp3) is 0.391. The molecule has 3 aromatic rings. The minimum absolute atomic E-state index is 0.0476. The number of ether oxygens (including phenoxy) is 1. The van der Waals surface area contributed by atoms with Crippen molar-refractivity contribution in [1.29, 1.82) is 0 Å². The van der Waals surface area contributed by atoms with E-state index in [0.717, 1.165) is 48.3 Å². The van der Waals surface area contributed by atoms with E-state index in [2.05, 4.69) is 23.2 Å². The molecule has 0 spiro atoms. The number of para-hydroxylation sites is 1. The Kier molecular flexibility index (Phi) is 5.63. The molecule has 0 bridgehead atoms. The first-order valence-corrected chi connectivity index (χ1v) is 10.3. The van der Waals surface area contributed by atoms with Crippen molar-refractivity contribution in [3.05, 3.63) is 58.5 Å². The zero-order valence-electron chi connectivity index (χ0n) is 17.7. The van der Waals surface area contributed by atoms with Gasteiger partial charge in [-0.25, -0.2) is 4.79 Å². The molecule has 7 nitrogen and oxygen atoms in total. The minimum Gasteiger partial charge on any atom is -0.490 e. The third-order valence-corrected chi connectivity index (χ3v) is 5.84. The van der Waals surface area contributed by atoms with E-state index in [-0.39, 0.29) is 17.7 Å². The number of likely N-dealkylation sites (tertiary alicyclic amines) is 1. The quantitative estimate of drug-likeness (QED) is 0.705. The van der Waals surface area contributed by atoms with Crippen molar-refractivity contribution in [2.75, 3.05) is 25.0 Å². The third-order valence-electron chi connectivity index (χ3n) is 5.84. The Morgan fingerprint density at radius 1 is 1.07 bits per heavy atom. The van der Waals surface area contributed by atoms with Gasteiger partial charge >= 0.3 is 5.69 Å². The lowest BCUT2D eigenvalue weighted by molar-refractivity contribution is -0.117. The van der Waals surface area contributed by atoms with Crippen LogP contribution in [0.25, 0.3) is 11.0 Å². The Morgan fingerprint density at radius 2 is 1.77 bits per heavy atom. The molecule has 30 heavy (non-hydrogen) atoms. The lowest BCUT2D eigenvalue weighted by Crippen LogP contribution is -2.42. The second-order valence-electron chi connectivity index (χ2n) is 8.01. The number of anilines is 1. The van der Waals surface area contributed by atoms with Gasteiger partial charge in [0.05, 0.1) is 17.6 Å². The lowest BCUT2D eigenvalue weighted by Gasteiger charge is -2.32. The summed E-state index contributed by atoms with van der Waals surface area (Å²) in [5, 5.41) is 2.96. The van der Waals surface area contributed by atoms with Gasteiger partial charge in [-0.05, 0) is 49.6 Å². The molecule has 158 valence electrons. The number of carbonyl (C=O) groups excluding carboxylic acids is 1. The number of benzene rings is 2. The summed E-state index contributed by atoms with van der Waals surface area (Å²) in [4.78, 5) is 26.8. The van der Waals surface area contributed by atoms with E-state index in [1.165, 1.54) is 0 Å². The normalized spacial score (nSPS) is 15.4. The molecule has 1 fully saturated rings. The first-order valence-electron chi connectivity index (χ1n) is 10.3. The van der Waals surface area contributed by atoms with E-state index < -0.39 is 0 Å². The Labute approximate surface area is 175 Å². The van der Waals surface area contributed by atoms with Crippen molar-refractivity contribution >= 4 is 22.6 Å². The van der Waals surface area contributed by atoms with Gasteiger partial charge in [-0.3, -0.25) is 18.8 Å². The van der Waals surface area contributed by atoms with Gasteiger partial charge in [0, 0.05) is 32.9 Å². The number of piperidine rings is 1. The van der Waals surface area contributed by atoms with Gasteiger partial charge in [0.25, 0.3) is 0 Å². The van der Waals surface area contributed by atoms with Gasteiger partial charge in [0.15, 0.2) is 0 Å². The van der Waals surface area contributed by atoms with Gasteiger partial charge in [-0.15, -0.1) is 0 Å². The topological polar surface area (TPSA) is 68.5 Å². The average molecular weight is 409 g/mol. The van der Waals surface area contributed by atoms with Crippen LogP contribution in [-0.2, 0) is 18.9 Å². The zero-order chi connectivity index (χ0) is 21.3. The van der Waals surface area contributed by atoms with Crippen molar-refractivity contribution in [3.63, 3.8) is 0 Å². The maximum Gasteiger partial charge on any atom is 0.328 e. The highest BCUT2D eigenvalue weighted by molar-refractivity contribution is 5.94. The van der Waals surface area contributed by atoms with E-state index in [1.807, 2.05) is 36.4 Å². The van der Waals surface area contributed by atoms with Gasteiger partial charge < -0.3 is 10.1 Å². The Balaban J connectivity index is 1.31. The van der Waals surface area contributed by atoms with Crippen LogP contribution in [0.4, 0.5) is 5.69 Å². The number of aromatic nitrogens is 2. The van der Waals surface area contributed by atoms with Crippen molar-refractivity contribution in [2.45, 2.75) is 25.9 Å². The number of aryl methyl sites for hydroxylation is 3. The molecule has 1 amide bonds. The molecule has 1 aliphatic rings. The average Bonchev–Trinajstić information content (AvgIpc) is 2.95. The summed E-state index contributed by atoms with van der Waals surface area (Å²) in [6, 6.07) is 13.6. The maximum absolute atomic E-state index is 12.5. The molecule has 1 saturated heterocycles. The van der Waals surface area contributed by atoms with Gasteiger partial charge in [-0.1, -0.05) is 18.2 Å². The number of amides is 1. The van der Waals surface area contributed by atoms with E-state index in [1.54, 1.807) is 23.2 Å². The van der Waals surface area contributed by atoms with Gasteiger partial charge in [0.2, 0.25) is 5.91 Å². The number of nitrogens with one attached hydrogen (secondary N) is 1. The lowest BCUT2D eigenvalue weighted by atomic mass is 10.1. The second-order valence-corrected chi connectivity index (χ2v) is 8.01. The van der Waals surface area contributed by atoms with Crippen LogP contribution >= 0.6 is 0 Å². The standard InChI is InChI=1S/C23H28N4O3/c1-16-6-4-5-7-21(16)30-18-10-12-27(13-11-18)15-22(28)24-17-8-9-19-20(14-17)26(3)23(29)25(19)2/h4-9,14,18H,10-13,15H2,1-3H3,(H,24,28). The number of carbonyl (C=O) groups is 1. The molecule has 2 aromatic carbocycles. The monoisotopic (exact) mass is 408 g/mol. The number of imidazole rings is 1. The van der Waals surface area contributed by atoms with Crippen molar-refractivity contribution in [1.82, 2.24) is 14.0 Å². The molecule has 0 atom stereocenters. The van der Waals surface area contributed by atoms with Gasteiger partial charge in [0.1, 0.15) is 11.9 Å². The number of hydrogen-bond donors (Lipinski definition) is 1. The second kappa shape index (κ2) is 8.36. The Bertz CT molecular complexity index is 1120. The molecule has 4 rings (SSSR count). The summed E-state index contributed by atoms with van der Waals surface area (Å²) in [5.41, 5.74) is 3.41. The predicted octanol–water partition coefficient (Wildman–Crippen LogP) is 2.67. The highest BCUT2D eigenvalue weighted by atomic mass is 16.5. The summed E-state index contributed by atoms with van der Waals surface area (Å²) in [7, 11) is 3.48. The molecule has 1 aromatic heterocycles. The fourth-order valence-corrected chi connectivity index (χ4v) is 4.04. The molecule has 0 saturated carbocycles.